The van der Waals surface area contributed by atoms with Crippen LogP contribution in [0.25, 0.3) is 11.0 Å². The zero-order valence-electron chi connectivity index (χ0n) is 23.8. The van der Waals surface area contributed by atoms with E-state index in [1.807, 2.05) is 13.8 Å². The van der Waals surface area contributed by atoms with E-state index in [9.17, 15) is 21.6 Å². The molecule has 4 heterocycles. The average molecular weight is 612 g/mol. The van der Waals surface area contributed by atoms with Gasteiger partial charge in [-0.25, -0.2) is 8.42 Å². The predicted molar refractivity (Wildman–Crippen MR) is 153 cm³/mol. The molecule has 2 aromatic heterocycles. The number of hydrogen-bond acceptors (Lipinski definition) is 9. The van der Waals surface area contributed by atoms with E-state index in [4.69, 9.17) is 9.47 Å². The molecule has 230 valence electrons. The minimum Gasteiger partial charge on any atom is -0.495 e. The van der Waals surface area contributed by atoms with E-state index in [1.54, 1.807) is 0 Å². The van der Waals surface area contributed by atoms with Crippen LogP contribution in [0.5, 0.6) is 5.75 Å². The van der Waals surface area contributed by atoms with Crippen molar-refractivity contribution in [3.63, 3.8) is 0 Å². The van der Waals surface area contributed by atoms with Crippen molar-refractivity contribution < 1.29 is 31.1 Å². The number of benzene rings is 1. The molecule has 2 aliphatic rings. The van der Waals surface area contributed by atoms with E-state index in [-0.39, 0.29) is 39.4 Å². The molecule has 0 saturated carbocycles. The molecular weight excluding hydrogens is 575 g/mol. The number of ether oxygens (including phenoxy) is 2. The Bertz CT molecular complexity index is 1500. The molecule has 11 nitrogen and oxygen atoms in total. The second-order valence-corrected chi connectivity index (χ2v) is 12.8. The summed E-state index contributed by atoms with van der Waals surface area (Å²) in [6.07, 6.45) is -2.23. The first-order chi connectivity index (χ1) is 20.0. The molecule has 15 heteroatoms. The number of methoxy groups -OCH3 is 1. The number of nitrogens with one attached hydrogen (secondary N) is 3. The number of anilines is 3. The lowest BCUT2D eigenvalue weighted by Crippen LogP contribution is -2.50. The fourth-order valence-corrected chi connectivity index (χ4v) is 6.82. The Kier molecular flexibility index (Phi) is 8.83. The summed E-state index contributed by atoms with van der Waals surface area (Å²) < 4.78 is 80.4. The number of alkyl halides is 3. The van der Waals surface area contributed by atoms with Crippen LogP contribution in [-0.4, -0.2) is 91.7 Å². The number of nitrogens with zero attached hydrogens (tertiary/aromatic N) is 4. The SMILES string of the molecule is COc1cc(S(=O)(=O)N2CCC(N3CCOCC3)CC2)ccc1Nc1nc(NCC(C)C)c2c(C(F)(F)F)c[nH]c2n1. The number of morpholine rings is 1. The Morgan fingerprint density at radius 3 is 2.50 bits per heavy atom. The van der Waals surface area contributed by atoms with Gasteiger partial charge in [0.25, 0.3) is 0 Å². The highest BCUT2D eigenvalue weighted by atomic mass is 32.2. The van der Waals surface area contributed by atoms with Gasteiger partial charge in [-0.05, 0) is 30.9 Å². The molecule has 0 spiro atoms. The molecule has 3 aromatic rings. The highest BCUT2D eigenvalue weighted by Gasteiger charge is 2.36. The molecule has 3 N–H and O–H groups in total. The summed E-state index contributed by atoms with van der Waals surface area (Å²) in [7, 11) is -2.36. The number of rotatable bonds is 9. The monoisotopic (exact) mass is 611 g/mol. The summed E-state index contributed by atoms with van der Waals surface area (Å²) in [6.45, 7) is 8.22. The average Bonchev–Trinajstić information content (AvgIpc) is 3.41. The van der Waals surface area contributed by atoms with Gasteiger partial charge in [0.1, 0.15) is 17.2 Å². The molecule has 0 aliphatic carbocycles. The fraction of sp³-hybridized carbons (Fsp3) is 0.556. The van der Waals surface area contributed by atoms with Crippen LogP contribution in [0.15, 0.2) is 29.3 Å². The molecule has 0 unspecified atom stereocenters. The van der Waals surface area contributed by atoms with Gasteiger partial charge >= 0.3 is 6.18 Å². The number of halogens is 3. The van der Waals surface area contributed by atoms with Gasteiger partial charge in [0.05, 0.1) is 41.9 Å². The second kappa shape index (κ2) is 12.2. The molecule has 0 amide bonds. The summed E-state index contributed by atoms with van der Waals surface area (Å²) in [4.78, 5) is 13.6. The van der Waals surface area contributed by atoms with Crippen LogP contribution in [0, 0.1) is 5.92 Å². The number of sulfonamides is 1. The lowest BCUT2D eigenvalue weighted by Gasteiger charge is -2.39. The van der Waals surface area contributed by atoms with E-state index in [1.165, 1.54) is 29.6 Å². The maximum atomic E-state index is 13.7. The Labute approximate surface area is 242 Å². The van der Waals surface area contributed by atoms with Crippen molar-refractivity contribution in [1.82, 2.24) is 24.2 Å². The number of piperidine rings is 1. The van der Waals surface area contributed by atoms with Crippen LogP contribution in [0.2, 0.25) is 0 Å². The number of fused-ring (bicyclic) bond motifs is 1. The zero-order chi connectivity index (χ0) is 30.1. The quantitative estimate of drug-likeness (QED) is 0.325. The summed E-state index contributed by atoms with van der Waals surface area (Å²) in [5.74, 6) is 0.424. The third kappa shape index (κ3) is 6.43. The third-order valence-electron chi connectivity index (χ3n) is 7.56. The lowest BCUT2D eigenvalue weighted by molar-refractivity contribution is -0.136. The molecule has 42 heavy (non-hydrogen) atoms. The van der Waals surface area contributed by atoms with E-state index in [2.05, 4.69) is 30.5 Å². The summed E-state index contributed by atoms with van der Waals surface area (Å²) >= 11 is 0. The lowest BCUT2D eigenvalue weighted by atomic mass is 10.0. The number of aromatic nitrogens is 3. The largest absolute Gasteiger partial charge is 0.495 e. The number of H-pyrrole nitrogens is 1. The van der Waals surface area contributed by atoms with Crippen LogP contribution in [0.3, 0.4) is 0 Å². The highest BCUT2D eigenvalue weighted by Crippen LogP contribution is 2.38. The molecule has 0 bridgehead atoms. The van der Waals surface area contributed by atoms with E-state index in [0.717, 1.165) is 32.1 Å². The van der Waals surface area contributed by atoms with Crippen LogP contribution < -0.4 is 15.4 Å². The third-order valence-corrected chi connectivity index (χ3v) is 9.45. The van der Waals surface area contributed by atoms with Crippen LogP contribution in [-0.2, 0) is 20.9 Å². The molecule has 2 aliphatic heterocycles. The van der Waals surface area contributed by atoms with Crippen molar-refractivity contribution in [3.8, 4) is 5.75 Å². The van der Waals surface area contributed by atoms with Crippen molar-refractivity contribution in [2.45, 2.75) is 43.8 Å². The smallest absolute Gasteiger partial charge is 0.418 e. The first-order valence-corrected chi connectivity index (χ1v) is 15.4. The number of hydrogen-bond donors (Lipinski definition) is 3. The first-order valence-electron chi connectivity index (χ1n) is 13.9. The maximum Gasteiger partial charge on any atom is 0.418 e. The van der Waals surface area contributed by atoms with Crippen molar-refractivity contribution in [2.24, 2.45) is 5.92 Å². The molecule has 5 rings (SSSR count). The topological polar surface area (TPSA) is 125 Å². The Balaban J connectivity index is 1.37. The zero-order valence-corrected chi connectivity index (χ0v) is 24.6. The number of aromatic amines is 1. The van der Waals surface area contributed by atoms with E-state index in [0.29, 0.717) is 44.6 Å². The molecule has 2 saturated heterocycles. The first kappa shape index (κ1) is 30.3. The molecule has 1 aromatic carbocycles. The molecule has 0 radical (unpaired) electrons. The maximum absolute atomic E-state index is 13.7. The Morgan fingerprint density at radius 2 is 1.86 bits per heavy atom. The van der Waals surface area contributed by atoms with E-state index >= 15 is 0 Å². The molecule has 0 atom stereocenters. The minimum atomic E-state index is -4.59. The van der Waals surface area contributed by atoms with Gasteiger partial charge in [-0.3, -0.25) is 4.90 Å². The van der Waals surface area contributed by atoms with Gasteiger partial charge in [0.2, 0.25) is 16.0 Å². The van der Waals surface area contributed by atoms with Crippen molar-refractivity contribution in [3.05, 3.63) is 30.0 Å². The van der Waals surface area contributed by atoms with Crippen molar-refractivity contribution in [2.75, 3.05) is 63.7 Å². The van der Waals surface area contributed by atoms with Gasteiger partial charge in [-0.2, -0.15) is 27.4 Å². The second-order valence-electron chi connectivity index (χ2n) is 10.9. The molecular formula is C27H36F3N7O4S. The summed E-state index contributed by atoms with van der Waals surface area (Å²) in [5, 5.41) is 5.82. The van der Waals surface area contributed by atoms with Crippen molar-refractivity contribution >= 4 is 38.5 Å². The van der Waals surface area contributed by atoms with Crippen LogP contribution in [0.1, 0.15) is 32.3 Å². The van der Waals surface area contributed by atoms with Crippen molar-refractivity contribution in [1.29, 1.82) is 0 Å². The van der Waals surface area contributed by atoms with Gasteiger partial charge < -0.3 is 25.1 Å². The van der Waals surface area contributed by atoms with Crippen LogP contribution >= 0.6 is 0 Å². The Hall–Kier alpha value is -3.14. The van der Waals surface area contributed by atoms with Gasteiger partial charge in [0.15, 0.2) is 0 Å². The standard InChI is InChI=1S/C27H36F3N7O4S/c1-17(2)15-31-24-23-20(27(28,29)30)16-32-25(23)35-26(34-24)33-21-5-4-19(14-22(21)40-3)42(38,39)37-8-6-18(7-9-37)36-10-12-41-13-11-36/h4-5,14,16-18H,6-13,15H2,1-3H3,(H3,31,32,33,34,35). The minimum absolute atomic E-state index is 0.00438. The Morgan fingerprint density at radius 1 is 1.14 bits per heavy atom. The van der Waals surface area contributed by atoms with E-state index < -0.39 is 21.8 Å². The summed E-state index contributed by atoms with van der Waals surface area (Å²) in [5.41, 5.74) is -0.500. The van der Waals surface area contributed by atoms with Gasteiger partial charge in [-0.1, -0.05) is 13.8 Å². The highest BCUT2D eigenvalue weighted by molar-refractivity contribution is 7.89. The normalized spacial score (nSPS) is 18.1. The fourth-order valence-electron chi connectivity index (χ4n) is 5.34. The molecule has 2 fully saturated rings. The van der Waals surface area contributed by atoms with Gasteiger partial charge in [-0.15, -0.1) is 0 Å². The van der Waals surface area contributed by atoms with Crippen LogP contribution in [0.4, 0.5) is 30.6 Å². The van der Waals surface area contributed by atoms with Gasteiger partial charge in [0, 0.05) is 51.0 Å². The predicted octanol–water partition coefficient (Wildman–Crippen LogP) is 4.28. The summed E-state index contributed by atoms with van der Waals surface area (Å²) in [6, 6.07) is 4.78.